The zero-order valence-electron chi connectivity index (χ0n) is 9.93. The Labute approximate surface area is 91.4 Å². The number of hydrogen-bond donors (Lipinski definition) is 0. The highest BCUT2D eigenvalue weighted by Crippen LogP contribution is 2.57. The van der Waals surface area contributed by atoms with E-state index in [1.165, 1.54) is 0 Å². The maximum atomic E-state index is 12.0. The Morgan fingerprint density at radius 2 is 1.80 bits per heavy atom. The Morgan fingerprint density at radius 1 is 1.13 bits per heavy atom. The summed E-state index contributed by atoms with van der Waals surface area (Å²) in [7, 11) is 0. The molecule has 0 aromatic carbocycles. The number of Topliss-reactive ketones (excluding diaryl/α,β-unsaturated/α-hetero) is 2. The van der Waals surface area contributed by atoms with Crippen molar-refractivity contribution in [2.45, 2.75) is 52.9 Å². The summed E-state index contributed by atoms with van der Waals surface area (Å²) >= 11 is 0. The molecule has 2 fully saturated rings. The minimum atomic E-state index is -0.239. The van der Waals surface area contributed by atoms with Crippen LogP contribution in [0.15, 0.2) is 0 Å². The molecule has 0 unspecified atom stereocenters. The highest BCUT2D eigenvalue weighted by molar-refractivity contribution is 5.87. The van der Waals surface area contributed by atoms with Crippen LogP contribution < -0.4 is 0 Å². The SMILES string of the molecule is CC1(C)C(=O)CC[C@H]2CC(=O)CC[C@]21C. The second-order valence-corrected chi connectivity index (χ2v) is 5.94. The molecular weight excluding hydrogens is 188 g/mol. The lowest BCUT2D eigenvalue weighted by atomic mass is 9.49. The van der Waals surface area contributed by atoms with Gasteiger partial charge >= 0.3 is 0 Å². The molecule has 0 radical (unpaired) electrons. The number of fused-ring (bicyclic) bond motifs is 1. The second-order valence-electron chi connectivity index (χ2n) is 5.94. The monoisotopic (exact) mass is 208 g/mol. The van der Waals surface area contributed by atoms with Gasteiger partial charge in [-0.1, -0.05) is 20.8 Å². The molecule has 0 aliphatic heterocycles. The van der Waals surface area contributed by atoms with E-state index < -0.39 is 0 Å². The molecule has 0 N–H and O–H groups in total. The number of carbonyl (C=O) groups excluding carboxylic acids is 2. The first-order valence-corrected chi connectivity index (χ1v) is 5.93. The summed E-state index contributed by atoms with van der Waals surface area (Å²) in [6.07, 6.45) is 3.86. The highest BCUT2D eigenvalue weighted by atomic mass is 16.1. The first-order valence-electron chi connectivity index (χ1n) is 5.93. The molecule has 2 nitrogen and oxygen atoms in total. The fraction of sp³-hybridized carbons (Fsp3) is 0.846. The van der Waals surface area contributed by atoms with E-state index in [4.69, 9.17) is 0 Å². The van der Waals surface area contributed by atoms with Crippen LogP contribution in [0.1, 0.15) is 52.9 Å². The molecule has 2 rings (SSSR count). The molecule has 84 valence electrons. The normalized spacial score (nSPS) is 40.1. The van der Waals surface area contributed by atoms with Gasteiger partial charge in [0.05, 0.1) is 0 Å². The number of hydrogen-bond acceptors (Lipinski definition) is 2. The molecule has 0 amide bonds. The lowest BCUT2D eigenvalue weighted by Crippen LogP contribution is -2.52. The predicted octanol–water partition coefficient (Wildman–Crippen LogP) is 2.75. The van der Waals surface area contributed by atoms with Crippen LogP contribution in [-0.4, -0.2) is 11.6 Å². The molecule has 0 aromatic rings. The van der Waals surface area contributed by atoms with E-state index in [-0.39, 0.29) is 10.8 Å². The van der Waals surface area contributed by atoms with Crippen LogP contribution >= 0.6 is 0 Å². The van der Waals surface area contributed by atoms with E-state index in [1.54, 1.807) is 0 Å². The molecule has 2 atom stereocenters. The van der Waals surface area contributed by atoms with Gasteiger partial charge in [0.2, 0.25) is 0 Å². The molecule has 0 bridgehead atoms. The summed E-state index contributed by atoms with van der Waals surface area (Å²) in [6.45, 7) is 6.34. The average Bonchev–Trinajstić information content (AvgIpc) is 2.17. The van der Waals surface area contributed by atoms with E-state index in [1.807, 2.05) is 0 Å². The van der Waals surface area contributed by atoms with E-state index in [9.17, 15) is 9.59 Å². The summed E-state index contributed by atoms with van der Waals surface area (Å²) < 4.78 is 0. The summed E-state index contributed by atoms with van der Waals surface area (Å²) in [5.41, 5.74) is -0.188. The van der Waals surface area contributed by atoms with Gasteiger partial charge in [-0.05, 0) is 24.2 Å². The average molecular weight is 208 g/mol. The van der Waals surface area contributed by atoms with Gasteiger partial charge in [0.15, 0.2) is 0 Å². The van der Waals surface area contributed by atoms with Gasteiger partial charge < -0.3 is 0 Å². The van der Waals surface area contributed by atoms with Crippen molar-refractivity contribution in [1.82, 2.24) is 0 Å². The Kier molecular flexibility index (Phi) is 2.29. The molecule has 2 aliphatic rings. The topological polar surface area (TPSA) is 34.1 Å². The molecule has 2 saturated carbocycles. The van der Waals surface area contributed by atoms with Crippen molar-refractivity contribution in [2.24, 2.45) is 16.7 Å². The van der Waals surface area contributed by atoms with Crippen molar-refractivity contribution in [3.8, 4) is 0 Å². The van der Waals surface area contributed by atoms with E-state index >= 15 is 0 Å². The van der Waals surface area contributed by atoms with Gasteiger partial charge in [0.25, 0.3) is 0 Å². The Bertz CT molecular complexity index is 316. The fourth-order valence-electron chi connectivity index (χ4n) is 3.39. The third-order valence-electron chi connectivity index (χ3n) is 5.14. The number of ketones is 2. The zero-order valence-corrected chi connectivity index (χ0v) is 9.93. The maximum Gasteiger partial charge on any atom is 0.139 e. The van der Waals surface area contributed by atoms with Gasteiger partial charge in [0, 0.05) is 24.7 Å². The van der Waals surface area contributed by atoms with E-state index in [0.717, 1.165) is 12.8 Å². The quantitative estimate of drug-likeness (QED) is 0.613. The zero-order chi connectivity index (χ0) is 11.3. The Morgan fingerprint density at radius 3 is 2.47 bits per heavy atom. The standard InChI is InChI=1S/C13H20O2/c1-12(2)11(15)5-4-9-8-10(14)6-7-13(9,12)3/h9H,4-8H2,1-3H3/t9-,13+/m0/s1. The summed E-state index contributed by atoms with van der Waals surface area (Å²) in [5, 5.41) is 0. The molecule has 0 aromatic heterocycles. The number of rotatable bonds is 0. The lowest BCUT2D eigenvalue weighted by molar-refractivity contribution is -0.151. The van der Waals surface area contributed by atoms with Crippen LogP contribution in [0.25, 0.3) is 0 Å². The summed E-state index contributed by atoms with van der Waals surface area (Å²) in [4.78, 5) is 23.4. The van der Waals surface area contributed by atoms with E-state index in [2.05, 4.69) is 20.8 Å². The predicted molar refractivity (Wildman–Crippen MR) is 58.5 cm³/mol. The molecule has 0 spiro atoms. The van der Waals surface area contributed by atoms with Crippen LogP contribution in [0.3, 0.4) is 0 Å². The maximum absolute atomic E-state index is 12.0. The molecule has 2 aliphatic carbocycles. The molecule has 0 heterocycles. The van der Waals surface area contributed by atoms with Crippen molar-refractivity contribution in [2.75, 3.05) is 0 Å². The summed E-state index contributed by atoms with van der Waals surface area (Å²) in [5.74, 6) is 1.21. The van der Waals surface area contributed by atoms with Gasteiger partial charge in [-0.25, -0.2) is 0 Å². The second kappa shape index (κ2) is 3.16. The minimum Gasteiger partial charge on any atom is -0.300 e. The van der Waals surface area contributed by atoms with Gasteiger partial charge in [-0.3, -0.25) is 9.59 Å². The Balaban J connectivity index is 2.35. The first kappa shape index (κ1) is 10.8. The van der Waals surface area contributed by atoms with Gasteiger partial charge in [-0.2, -0.15) is 0 Å². The third kappa shape index (κ3) is 1.37. The fourth-order valence-corrected chi connectivity index (χ4v) is 3.39. The van der Waals surface area contributed by atoms with Crippen molar-refractivity contribution < 1.29 is 9.59 Å². The summed E-state index contributed by atoms with van der Waals surface area (Å²) in [6, 6.07) is 0. The van der Waals surface area contributed by atoms with Crippen LogP contribution in [-0.2, 0) is 9.59 Å². The molecule has 2 heteroatoms. The largest absolute Gasteiger partial charge is 0.300 e. The molecule has 0 saturated heterocycles. The van der Waals surface area contributed by atoms with Gasteiger partial charge in [-0.15, -0.1) is 0 Å². The third-order valence-corrected chi connectivity index (χ3v) is 5.14. The van der Waals surface area contributed by atoms with E-state index in [0.29, 0.717) is 36.7 Å². The number of carbonyl (C=O) groups is 2. The van der Waals surface area contributed by atoms with Crippen molar-refractivity contribution >= 4 is 11.6 Å². The van der Waals surface area contributed by atoms with Crippen molar-refractivity contribution in [3.63, 3.8) is 0 Å². The van der Waals surface area contributed by atoms with Crippen LogP contribution in [0, 0.1) is 16.7 Å². The smallest absolute Gasteiger partial charge is 0.139 e. The lowest BCUT2D eigenvalue weighted by Gasteiger charge is -2.54. The first-order chi connectivity index (χ1) is 6.88. The van der Waals surface area contributed by atoms with Crippen molar-refractivity contribution in [3.05, 3.63) is 0 Å². The van der Waals surface area contributed by atoms with Gasteiger partial charge in [0.1, 0.15) is 11.6 Å². The van der Waals surface area contributed by atoms with Crippen LogP contribution in [0.4, 0.5) is 0 Å². The van der Waals surface area contributed by atoms with Crippen molar-refractivity contribution in [1.29, 1.82) is 0 Å². The minimum absolute atomic E-state index is 0.0518. The van der Waals surface area contributed by atoms with Crippen LogP contribution in [0.5, 0.6) is 0 Å². The molecule has 15 heavy (non-hydrogen) atoms. The highest BCUT2D eigenvalue weighted by Gasteiger charge is 2.55. The van der Waals surface area contributed by atoms with Crippen LogP contribution in [0.2, 0.25) is 0 Å². The molecular formula is C13H20O2. The Hall–Kier alpha value is -0.660.